The highest BCUT2D eigenvalue weighted by Crippen LogP contribution is 2.27. The zero-order chi connectivity index (χ0) is 16.7. The van der Waals surface area contributed by atoms with Gasteiger partial charge in [0.1, 0.15) is 6.29 Å². The Morgan fingerprint density at radius 3 is 2.74 bits per heavy atom. The minimum atomic E-state index is -0.288. The van der Waals surface area contributed by atoms with Crippen molar-refractivity contribution in [2.45, 2.75) is 6.54 Å². The van der Waals surface area contributed by atoms with Gasteiger partial charge >= 0.3 is 0 Å². The van der Waals surface area contributed by atoms with Gasteiger partial charge in [-0.1, -0.05) is 23.7 Å². The lowest BCUT2D eigenvalue weighted by Crippen LogP contribution is -2.28. The van der Waals surface area contributed by atoms with Crippen molar-refractivity contribution < 1.29 is 19.1 Å². The monoisotopic (exact) mass is 333 g/mol. The van der Waals surface area contributed by atoms with E-state index in [1.165, 1.54) is 13.2 Å². The molecule has 1 amide bonds. The van der Waals surface area contributed by atoms with Gasteiger partial charge in [-0.25, -0.2) is 0 Å². The van der Waals surface area contributed by atoms with E-state index in [1.54, 1.807) is 24.3 Å². The van der Waals surface area contributed by atoms with E-state index in [0.29, 0.717) is 34.9 Å². The molecule has 0 fully saturated rings. The van der Waals surface area contributed by atoms with Crippen molar-refractivity contribution in [3.05, 3.63) is 58.6 Å². The lowest BCUT2D eigenvalue weighted by atomic mass is 10.2. The second-order valence-corrected chi connectivity index (χ2v) is 5.16. The fourth-order valence-electron chi connectivity index (χ4n) is 1.92. The van der Waals surface area contributed by atoms with Crippen LogP contribution in [0.5, 0.6) is 11.5 Å². The molecule has 6 heteroatoms. The molecule has 0 atom stereocenters. The first-order chi connectivity index (χ1) is 11.1. The summed E-state index contributed by atoms with van der Waals surface area (Å²) in [6.07, 6.45) is 0.700. The highest BCUT2D eigenvalue weighted by molar-refractivity contribution is 6.30. The van der Waals surface area contributed by atoms with Gasteiger partial charge in [-0.15, -0.1) is 0 Å². The van der Waals surface area contributed by atoms with E-state index in [9.17, 15) is 9.59 Å². The van der Waals surface area contributed by atoms with Gasteiger partial charge in [-0.05, 0) is 35.9 Å². The van der Waals surface area contributed by atoms with Crippen LogP contribution < -0.4 is 14.8 Å². The molecular formula is C17H16ClNO4. The van der Waals surface area contributed by atoms with Crippen LogP contribution in [-0.4, -0.2) is 25.9 Å². The predicted octanol–water partition coefficient (Wildman–Crippen LogP) is 2.86. The number of rotatable bonds is 7. The van der Waals surface area contributed by atoms with Crippen molar-refractivity contribution >= 4 is 23.8 Å². The van der Waals surface area contributed by atoms with Crippen molar-refractivity contribution in [2.24, 2.45) is 0 Å². The fraction of sp³-hybridized carbons (Fsp3) is 0.176. The molecule has 0 radical (unpaired) electrons. The number of benzene rings is 2. The Bertz CT molecular complexity index is 703. The van der Waals surface area contributed by atoms with E-state index < -0.39 is 0 Å². The van der Waals surface area contributed by atoms with Crippen molar-refractivity contribution in [2.75, 3.05) is 13.7 Å². The van der Waals surface area contributed by atoms with Crippen molar-refractivity contribution in [1.82, 2.24) is 5.32 Å². The SMILES string of the molecule is COc1ccc(C=O)cc1OCC(=O)NCc1cccc(Cl)c1. The number of aldehydes is 1. The highest BCUT2D eigenvalue weighted by Gasteiger charge is 2.08. The number of carbonyl (C=O) groups is 2. The van der Waals surface area contributed by atoms with Crippen LogP contribution in [-0.2, 0) is 11.3 Å². The van der Waals surface area contributed by atoms with Gasteiger partial charge in [0.15, 0.2) is 18.1 Å². The Kier molecular flexibility index (Phi) is 6.00. The molecule has 0 saturated carbocycles. The molecule has 0 spiro atoms. The molecule has 2 aromatic rings. The Morgan fingerprint density at radius 2 is 2.04 bits per heavy atom. The number of ether oxygens (including phenoxy) is 2. The summed E-state index contributed by atoms with van der Waals surface area (Å²) in [7, 11) is 1.49. The Hall–Kier alpha value is -2.53. The van der Waals surface area contributed by atoms with Crippen LogP contribution in [0.2, 0.25) is 5.02 Å². The molecule has 0 aliphatic heterocycles. The Balaban J connectivity index is 1.90. The molecule has 2 rings (SSSR count). The molecular weight excluding hydrogens is 318 g/mol. The third-order valence-electron chi connectivity index (χ3n) is 3.06. The van der Waals surface area contributed by atoms with Gasteiger partial charge in [0, 0.05) is 17.1 Å². The summed E-state index contributed by atoms with van der Waals surface area (Å²) in [5, 5.41) is 3.34. The zero-order valence-electron chi connectivity index (χ0n) is 12.5. The lowest BCUT2D eigenvalue weighted by Gasteiger charge is -2.11. The van der Waals surface area contributed by atoms with E-state index in [2.05, 4.69) is 5.32 Å². The minimum absolute atomic E-state index is 0.181. The predicted molar refractivity (Wildman–Crippen MR) is 87.2 cm³/mol. The largest absolute Gasteiger partial charge is 0.493 e. The average molecular weight is 334 g/mol. The molecule has 0 aliphatic carbocycles. The molecule has 5 nitrogen and oxygen atoms in total. The van der Waals surface area contributed by atoms with Gasteiger partial charge in [0.2, 0.25) is 0 Å². The van der Waals surface area contributed by atoms with E-state index >= 15 is 0 Å². The normalized spacial score (nSPS) is 10.0. The van der Waals surface area contributed by atoms with Gasteiger partial charge in [-0.2, -0.15) is 0 Å². The number of halogens is 1. The van der Waals surface area contributed by atoms with Crippen LogP contribution in [0.3, 0.4) is 0 Å². The average Bonchev–Trinajstić information content (AvgIpc) is 2.57. The van der Waals surface area contributed by atoms with Crippen LogP contribution in [0.25, 0.3) is 0 Å². The third kappa shape index (κ3) is 5.00. The lowest BCUT2D eigenvalue weighted by molar-refractivity contribution is -0.123. The molecule has 120 valence electrons. The second-order valence-electron chi connectivity index (χ2n) is 4.72. The van der Waals surface area contributed by atoms with Gasteiger partial charge in [-0.3, -0.25) is 9.59 Å². The van der Waals surface area contributed by atoms with Crippen LogP contribution >= 0.6 is 11.6 Å². The number of hydrogen-bond donors (Lipinski definition) is 1. The van der Waals surface area contributed by atoms with Crippen molar-refractivity contribution in [3.63, 3.8) is 0 Å². The quantitative estimate of drug-likeness (QED) is 0.791. The van der Waals surface area contributed by atoms with Crippen molar-refractivity contribution in [1.29, 1.82) is 0 Å². The first-order valence-corrected chi connectivity index (χ1v) is 7.27. The smallest absolute Gasteiger partial charge is 0.258 e. The summed E-state index contributed by atoms with van der Waals surface area (Å²) in [6, 6.07) is 12.0. The zero-order valence-corrected chi connectivity index (χ0v) is 13.3. The molecule has 0 heterocycles. The molecule has 0 unspecified atom stereocenters. The van der Waals surface area contributed by atoms with Crippen LogP contribution in [0, 0.1) is 0 Å². The fourth-order valence-corrected chi connectivity index (χ4v) is 2.13. The highest BCUT2D eigenvalue weighted by atomic mass is 35.5. The maximum absolute atomic E-state index is 11.8. The first kappa shape index (κ1) is 16.8. The third-order valence-corrected chi connectivity index (χ3v) is 3.30. The summed E-state index contributed by atoms with van der Waals surface area (Å²) in [6.45, 7) is 0.174. The first-order valence-electron chi connectivity index (χ1n) is 6.89. The number of amides is 1. The maximum Gasteiger partial charge on any atom is 0.258 e. The molecule has 1 N–H and O–H groups in total. The van der Waals surface area contributed by atoms with Gasteiger partial charge in [0.25, 0.3) is 5.91 Å². The van der Waals surface area contributed by atoms with E-state index in [1.807, 2.05) is 12.1 Å². The van der Waals surface area contributed by atoms with Gasteiger partial charge in [0.05, 0.1) is 7.11 Å². The molecule has 0 saturated heterocycles. The molecule has 0 aromatic heterocycles. The number of carbonyl (C=O) groups excluding carboxylic acids is 2. The summed E-state index contributed by atoms with van der Waals surface area (Å²) >= 11 is 5.88. The van der Waals surface area contributed by atoms with Crippen LogP contribution in [0.1, 0.15) is 15.9 Å². The minimum Gasteiger partial charge on any atom is -0.493 e. The van der Waals surface area contributed by atoms with E-state index in [-0.39, 0.29) is 12.5 Å². The Labute approximate surface area is 139 Å². The van der Waals surface area contributed by atoms with Crippen molar-refractivity contribution in [3.8, 4) is 11.5 Å². The maximum atomic E-state index is 11.8. The standard InChI is InChI=1S/C17H16ClNO4/c1-22-15-6-5-13(10-20)8-16(15)23-11-17(21)19-9-12-3-2-4-14(18)7-12/h2-8,10H,9,11H2,1H3,(H,19,21). The summed E-state index contributed by atoms with van der Waals surface area (Å²) in [5.41, 5.74) is 1.34. The van der Waals surface area contributed by atoms with Crippen LogP contribution in [0.15, 0.2) is 42.5 Å². The molecule has 0 aliphatic rings. The number of nitrogens with one attached hydrogen (secondary N) is 1. The summed E-state index contributed by atoms with van der Waals surface area (Å²) < 4.78 is 10.6. The number of hydrogen-bond acceptors (Lipinski definition) is 4. The van der Waals surface area contributed by atoms with E-state index in [0.717, 1.165) is 5.56 Å². The molecule has 2 aromatic carbocycles. The topological polar surface area (TPSA) is 64.6 Å². The Morgan fingerprint density at radius 1 is 1.22 bits per heavy atom. The second kappa shape index (κ2) is 8.19. The summed E-state index contributed by atoms with van der Waals surface area (Å²) in [4.78, 5) is 22.6. The number of methoxy groups -OCH3 is 1. The van der Waals surface area contributed by atoms with E-state index in [4.69, 9.17) is 21.1 Å². The van der Waals surface area contributed by atoms with Gasteiger partial charge < -0.3 is 14.8 Å². The van der Waals surface area contributed by atoms with Crippen LogP contribution in [0.4, 0.5) is 0 Å². The molecule has 0 bridgehead atoms. The molecule has 23 heavy (non-hydrogen) atoms. The summed E-state index contributed by atoms with van der Waals surface area (Å²) in [5.74, 6) is 0.511.